The van der Waals surface area contributed by atoms with E-state index in [1.54, 1.807) is 0 Å². The Hall–Kier alpha value is -0.980. The first kappa shape index (κ1) is 21.3. The van der Waals surface area contributed by atoms with Crippen LogP contribution >= 0.6 is 0 Å². The van der Waals surface area contributed by atoms with Crippen molar-refractivity contribution in [3.8, 4) is 0 Å². The van der Waals surface area contributed by atoms with Gasteiger partial charge < -0.3 is 24.9 Å². The summed E-state index contributed by atoms with van der Waals surface area (Å²) in [5.74, 6) is -0.0841. The van der Waals surface area contributed by atoms with E-state index in [4.69, 9.17) is 9.47 Å². The molecule has 0 saturated heterocycles. The lowest BCUT2D eigenvalue weighted by molar-refractivity contribution is -0.124. The monoisotopic (exact) mass is 290 g/mol. The summed E-state index contributed by atoms with van der Waals surface area (Å²) in [6, 6.07) is 0. The highest BCUT2D eigenvalue weighted by molar-refractivity contribution is 5.83. The van der Waals surface area contributed by atoms with Crippen molar-refractivity contribution in [1.82, 2.24) is 10.6 Å². The lowest BCUT2D eigenvalue weighted by Crippen LogP contribution is -2.27. The molecule has 0 aliphatic rings. The normalized spacial score (nSPS) is 9.60. The van der Waals surface area contributed by atoms with Crippen LogP contribution in [-0.4, -0.2) is 58.3 Å². The number of rotatable bonds is 12. The molecule has 6 nitrogen and oxygen atoms in total. The standard InChI is InChI=1S/C12H24N2O4.C2H6/c1-11(15)3-4-12(16)14-6-8-18-10-9-17-7-5-13-2;1-2/h13H,3-10H2,1-2H3,(H,14,16);1-2H3. The third-order valence-electron chi connectivity index (χ3n) is 2.14. The first-order chi connectivity index (χ1) is 9.66. The quantitative estimate of drug-likeness (QED) is 0.519. The molecule has 0 rings (SSSR count). The van der Waals surface area contributed by atoms with Gasteiger partial charge in [-0.05, 0) is 14.0 Å². The van der Waals surface area contributed by atoms with Crippen molar-refractivity contribution in [3.05, 3.63) is 0 Å². The van der Waals surface area contributed by atoms with Crippen molar-refractivity contribution < 1.29 is 19.1 Å². The van der Waals surface area contributed by atoms with E-state index in [1.807, 2.05) is 20.9 Å². The summed E-state index contributed by atoms with van der Waals surface area (Å²) in [6.45, 7) is 8.97. The second kappa shape index (κ2) is 18.0. The predicted molar refractivity (Wildman–Crippen MR) is 79.8 cm³/mol. The number of nitrogens with one attached hydrogen (secondary N) is 2. The summed E-state index contributed by atoms with van der Waals surface area (Å²) in [6.07, 6.45) is 0.550. The number of hydrogen-bond acceptors (Lipinski definition) is 5. The Balaban J connectivity index is 0. The van der Waals surface area contributed by atoms with Crippen molar-refractivity contribution >= 4 is 11.7 Å². The molecule has 0 saturated carbocycles. The largest absolute Gasteiger partial charge is 0.378 e. The van der Waals surface area contributed by atoms with E-state index in [2.05, 4.69) is 10.6 Å². The molecule has 0 aromatic rings. The number of ether oxygens (including phenoxy) is 2. The Morgan fingerprint density at radius 3 is 1.95 bits per heavy atom. The summed E-state index contributed by atoms with van der Waals surface area (Å²) in [4.78, 5) is 21.9. The Morgan fingerprint density at radius 1 is 0.900 bits per heavy atom. The zero-order valence-corrected chi connectivity index (χ0v) is 13.3. The minimum absolute atomic E-state index is 0.0279. The minimum Gasteiger partial charge on any atom is -0.378 e. The topological polar surface area (TPSA) is 76.7 Å². The zero-order valence-electron chi connectivity index (χ0n) is 13.3. The Morgan fingerprint density at radius 2 is 1.45 bits per heavy atom. The number of hydrogen-bond donors (Lipinski definition) is 2. The van der Waals surface area contributed by atoms with Gasteiger partial charge in [-0.3, -0.25) is 4.79 Å². The van der Waals surface area contributed by atoms with Crippen molar-refractivity contribution in [2.75, 3.05) is 46.6 Å². The second-order valence-electron chi connectivity index (χ2n) is 3.88. The molecule has 0 aromatic carbocycles. The van der Waals surface area contributed by atoms with E-state index in [-0.39, 0.29) is 18.1 Å². The molecule has 120 valence electrons. The molecule has 0 bridgehead atoms. The molecule has 0 aromatic heterocycles. The van der Waals surface area contributed by atoms with Crippen LogP contribution in [0.1, 0.15) is 33.6 Å². The SMILES string of the molecule is CC.CNCCOCCOCCNC(=O)CCC(C)=O. The first-order valence-electron chi connectivity index (χ1n) is 7.23. The lowest BCUT2D eigenvalue weighted by Gasteiger charge is -2.06. The number of ketones is 1. The minimum atomic E-state index is -0.112. The van der Waals surface area contributed by atoms with E-state index in [0.29, 0.717) is 39.4 Å². The fourth-order valence-corrected chi connectivity index (χ4v) is 1.14. The first-order valence-corrected chi connectivity index (χ1v) is 7.23. The molecule has 0 fully saturated rings. The molecule has 1 amide bonds. The molecule has 0 aliphatic heterocycles. The summed E-state index contributed by atoms with van der Waals surface area (Å²) < 4.78 is 10.5. The molecule has 0 spiro atoms. The summed E-state index contributed by atoms with van der Waals surface area (Å²) in [7, 11) is 1.87. The van der Waals surface area contributed by atoms with E-state index in [9.17, 15) is 9.59 Å². The van der Waals surface area contributed by atoms with Crippen LogP contribution in [0.5, 0.6) is 0 Å². The molecule has 20 heavy (non-hydrogen) atoms. The fourth-order valence-electron chi connectivity index (χ4n) is 1.14. The van der Waals surface area contributed by atoms with E-state index in [1.165, 1.54) is 6.92 Å². The van der Waals surface area contributed by atoms with Gasteiger partial charge in [0.2, 0.25) is 5.91 Å². The molecule has 0 radical (unpaired) electrons. The second-order valence-corrected chi connectivity index (χ2v) is 3.88. The predicted octanol–water partition coefficient (Wildman–Crippen LogP) is 0.751. The van der Waals surface area contributed by atoms with Crippen molar-refractivity contribution in [3.63, 3.8) is 0 Å². The number of carbonyl (C=O) groups excluding carboxylic acids is 2. The smallest absolute Gasteiger partial charge is 0.220 e. The molecular weight excluding hydrogens is 260 g/mol. The van der Waals surface area contributed by atoms with Crippen LogP contribution in [0.4, 0.5) is 0 Å². The molecule has 0 unspecified atom stereocenters. The van der Waals surface area contributed by atoms with Crippen LogP contribution in [-0.2, 0) is 19.1 Å². The Labute approximate surface area is 122 Å². The van der Waals surface area contributed by atoms with Gasteiger partial charge in [0.05, 0.1) is 26.4 Å². The highest BCUT2D eigenvalue weighted by Gasteiger charge is 2.02. The average molecular weight is 290 g/mol. The van der Waals surface area contributed by atoms with Gasteiger partial charge in [-0.25, -0.2) is 0 Å². The third-order valence-corrected chi connectivity index (χ3v) is 2.14. The van der Waals surface area contributed by atoms with Crippen LogP contribution in [0.25, 0.3) is 0 Å². The maximum absolute atomic E-state index is 11.2. The lowest BCUT2D eigenvalue weighted by atomic mass is 10.2. The van der Waals surface area contributed by atoms with Crippen molar-refractivity contribution in [2.45, 2.75) is 33.6 Å². The number of likely N-dealkylation sites (N-methyl/N-ethyl adjacent to an activating group) is 1. The Bertz CT molecular complexity index is 235. The third kappa shape index (κ3) is 19.4. The van der Waals surface area contributed by atoms with Gasteiger partial charge in [0, 0.05) is 25.9 Å². The molecule has 2 N–H and O–H groups in total. The van der Waals surface area contributed by atoms with Crippen LogP contribution < -0.4 is 10.6 Å². The summed E-state index contributed by atoms with van der Waals surface area (Å²) in [5.41, 5.74) is 0. The number of Topliss-reactive ketones (excluding diaryl/α,β-unsaturated/α-hetero) is 1. The number of amides is 1. The summed E-state index contributed by atoms with van der Waals surface area (Å²) >= 11 is 0. The van der Waals surface area contributed by atoms with Crippen LogP contribution in [0.15, 0.2) is 0 Å². The fraction of sp³-hybridized carbons (Fsp3) is 0.857. The van der Waals surface area contributed by atoms with E-state index in [0.717, 1.165) is 6.54 Å². The van der Waals surface area contributed by atoms with Crippen LogP contribution in [0, 0.1) is 0 Å². The van der Waals surface area contributed by atoms with Gasteiger partial charge in [0.1, 0.15) is 5.78 Å². The molecular formula is C14H30N2O4. The van der Waals surface area contributed by atoms with Crippen molar-refractivity contribution in [1.29, 1.82) is 0 Å². The summed E-state index contributed by atoms with van der Waals surface area (Å²) in [5, 5.41) is 5.66. The van der Waals surface area contributed by atoms with Gasteiger partial charge in [-0.15, -0.1) is 0 Å². The zero-order chi connectivity index (χ0) is 15.6. The molecule has 0 aliphatic carbocycles. The number of carbonyl (C=O) groups is 2. The highest BCUT2D eigenvalue weighted by Crippen LogP contribution is 1.89. The van der Waals surface area contributed by atoms with E-state index < -0.39 is 0 Å². The van der Waals surface area contributed by atoms with Gasteiger partial charge in [0.15, 0.2) is 0 Å². The van der Waals surface area contributed by atoms with Crippen LogP contribution in [0.2, 0.25) is 0 Å². The maximum Gasteiger partial charge on any atom is 0.220 e. The highest BCUT2D eigenvalue weighted by atomic mass is 16.5. The molecule has 0 atom stereocenters. The molecule has 6 heteroatoms. The average Bonchev–Trinajstić information content (AvgIpc) is 2.45. The van der Waals surface area contributed by atoms with Gasteiger partial charge in [-0.2, -0.15) is 0 Å². The van der Waals surface area contributed by atoms with Gasteiger partial charge in [-0.1, -0.05) is 13.8 Å². The van der Waals surface area contributed by atoms with E-state index >= 15 is 0 Å². The maximum atomic E-state index is 11.2. The Kier molecular flexibility index (Phi) is 19.2. The van der Waals surface area contributed by atoms with Crippen molar-refractivity contribution in [2.24, 2.45) is 0 Å². The van der Waals surface area contributed by atoms with Gasteiger partial charge >= 0.3 is 0 Å². The van der Waals surface area contributed by atoms with Gasteiger partial charge in [0.25, 0.3) is 0 Å². The van der Waals surface area contributed by atoms with Crippen LogP contribution in [0.3, 0.4) is 0 Å². The molecule has 0 heterocycles.